The third-order valence-electron chi connectivity index (χ3n) is 2.61. The van der Waals surface area contributed by atoms with E-state index in [-0.39, 0.29) is 6.04 Å². The zero-order chi connectivity index (χ0) is 12.4. The Hall–Kier alpha value is -1.02. The van der Waals surface area contributed by atoms with Gasteiger partial charge in [-0.25, -0.2) is 0 Å². The second-order valence-electron chi connectivity index (χ2n) is 3.73. The van der Waals surface area contributed by atoms with Crippen LogP contribution in [0, 0.1) is 6.92 Å². The highest BCUT2D eigenvalue weighted by Gasteiger charge is 2.19. The summed E-state index contributed by atoms with van der Waals surface area (Å²) in [7, 11) is 1.81. The van der Waals surface area contributed by atoms with Crippen LogP contribution in [0.3, 0.4) is 0 Å². The van der Waals surface area contributed by atoms with Gasteiger partial charge in [0.05, 0.1) is 35.4 Å². The Bertz CT molecular complexity index is 494. The summed E-state index contributed by atoms with van der Waals surface area (Å²) in [5.74, 6) is 5.54. The highest BCUT2D eigenvalue weighted by Crippen LogP contribution is 2.24. The van der Waals surface area contributed by atoms with Crippen molar-refractivity contribution in [2.45, 2.75) is 19.4 Å². The van der Waals surface area contributed by atoms with Crippen LogP contribution in [0.4, 0.5) is 0 Å². The minimum atomic E-state index is -0.103. The smallest absolute Gasteiger partial charge is 0.130 e. The van der Waals surface area contributed by atoms with Gasteiger partial charge in [-0.15, -0.1) is 0 Å². The van der Waals surface area contributed by atoms with Crippen molar-refractivity contribution in [3.05, 3.63) is 28.3 Å². The third-order valence-corrected chi connectivity index (χ3v) is 3.58. The summed E-state index contributed by atoms with van der Waals surface area (Å²) < 4.78 is 9.78. The van der Waals surface area contributed by atoms with Crippen LogP contribution in [0.5, 0.6) is 0 Å². The number of hydrazine groups is 1. The van der Waals surface area contributed by atoms with Crippen molar-refractivity contribution in [2.24, 2.45) is 12.9 Å². The molecule has 6 nitrogen and oxygen atoms in total. The van der Waals surface area contributed by atoms with E-state index in [0.717, 1.165) is 28.7 Å². The summed E-state index contributed by atoms with van der Waals surface area (Å²) in [6.45, 7) is 1.92. The fourth-order valence-corrected chi connectivity index (χ4v) is 2.41. The van der Waals surface area contributed by atoms with Crippen LogP contribution < -0.4 is 11.3 Å². The van der Waals surface area contributed by atoms with Gasteiger partial charge in [0.25, 0.3) is 0 Å². The van der Waals surface area contributed by atoms with E-state index in [4.69, 9.17) is 17.4 Å². The molecule has 2 aromatic rings. The molecule has 1 unspecified atom stereocenters. The van der Waals surface area contributed by atoms with Crippen LogP contribution in [0.25, 0.3) is 0 Å². The minimum absolute atomic E-state index is 0.103. The van der Waals surface area contributed by atoms with Crippen LogP contribution in [0.2, 0.25) is 5.15 Å². The molecule has 3 N–H and O–H groups in total. The number of hydrogen-bond donors (Lipinski definition) is 2. The van der Waals surface area contributed by atoms with Gasteiger partial charge in [-0.1, -0.05) is 11.6 Å². The zero-order valence-electron chi connectivity index (χ0n) is 9.51. The molecule has 2 heterocycles. The third kappa shape index (κ3) is 2.47. The molecule has 92 valence electrons. The van der Waals surface area contributed by atoms with Gasteiger partial charge < -0.3 is 0 Å². The Morgan fingerprint density at radius 3 is 2.88 bits per heavy atom. The number of halogens is 1. The van der Waals surface area contributed by atoms with Gasteiger partial charge in [0.2, 0.25) is 0 Å². The molecule has 0 aliphatic carbocycles. The van der Waals surface area contributed by atoms with E-state index >= 15 is 0 Å². The topological polar surface area (TPSA) is 81.7 Å². The first-order valence-corrected chi connectivity index (χ1v) is 6.16. The summed E-state index contributed by atoms with van der Waals surface area (Å²) in [5.41, 5.74) is 5.42. The number of aromatic nitrogens is 4. The molecule has 8 heteroatoms. The minimum Gasteiger partial charge on any atom is -0.271 e. The highest BCUT2D eigenvalue weighted by atomic mass is 35.5. The number of nitrogens with zero attached hydrogens (tertiary/aromatic N) is 4. The molecular formula is C9H13ClN6S. The maximum Gasteiger partial charge on any atom is 0.130 e. The van der Waals surface area contributed by atoms with E-state index in [2.05, 4.69) is 19.3 Å². The SMILES string of the molecule is Cc1nn(C)c(Cl)c1CC(NN)c1cnsn1. The summed E-state index contributed by atoms with van der Waals surface area (Å²) in [6.07, 6.45) is 2.34. The lowest BCUT2D eigenvalue weighted by Gasteiger charge is -2.12. The van der Waals surface area contributed by atoms with Crippen molar-refractivity contribution < 1.29 is 0 Å². The van der Waals surface area contributed by atoms with Crippen molar-refractivity contribution in [1.29, 1.82) is 0 Å². The predicted molar refractivity (Wildman–Crippen MR) is 66.6 cm³/mol. The van der Waals surface area contributed by atoms with Gasteiger partial charge in [0.1, 0.15) is 5.15 Å². The number of nitrogens with two attached hydrogens (primary N) is 1. The van der Waals surface area contributed by atoms with Crippen molar-refractivity contribution in [1.82, 2.24) is 24.0 Å². The van der Waals surface area contributed by atoms with Crippen molar-refractivity contribution in [2.75, 3.05) is 0 Å². The second-order valence-corrected chi connectivity index (χ2v) is 4.65. The molecule has 0 radical (unpaired) electrons. The van der Waals surface area contributed by atoms with Crippen molar-refractivity contribution >= 4 is 23.3 Å². The van der Waals surface area contributed by atoms with Crippen LogP contribution in [-0.2, 0) is 13.5 Å². The van der Waals surface area contributed by atoms with E-state index in [1.807, 2.05) is 14.0 Å². The molecule has 0 amide bonds. The fourth-order valence-electron chi connectivity index (χ4n) is 1.68. The molecule has 0 aliphatic rings. The molecule has 0 fully saturated rings. The van der Waals surface area contributed by atoms with E-state index in [1.165, 1.54) is 0 Å². The zero-order valence-corrected chi connectivity index (χ0v) is 11.1. The molecule has 2 rings (SSSR count). The maximum absolute atomic E-state index is 6.17. The summed E-state index contributed by atoms with van der Waals surface area (Å²) >= 11 is 7.33. The molecule has 2 aromatic heterocycles. The van der Waals surface area contributed by atoms with Gasteiger partial charge in [-0.3, -0.25) is 16.0 Å². The lowest BCUT2D eigenvalue weighted by atomic mass is 10.1. The quantitative estimate of drug-likeness (QED) is 0.641. The Balaban J connectivity index is 2.24. The van der Waals surface area contributed by atoms with Crippen molar-refractivity contribution in [3.8, 4) is 0 Å². The van der Waals surface area contributed by atoms with Gasteiger partial charge in [-0.05, 0) is 13.3 Å². The lowest BCUT2D eigenvalue weighted by molar-refractivity contribution is 0.541. The van der Waals surface area contributed by atoms with Gasteiger partial charge in [0.15, 0.2) is 0 Å². The van der Waals surface area contributed by atoms with Crippen LogP contribution in [-0.4, -0.2) is 18.5 Å². The van der Waals surface area contributed by atoms with Crippen LogP contribution in [0.1, 0.15) is 23.0 Å². The van der Waals surface area contributed by atoms with Gasteiger partial charge in [-0.2, -0.15) is 13.8 Å². The Morgan fingerprint density at radius 2 is 2.41 bits per heavy atom. The molecular weight excluding hydrogens is 260 g/mol. The van der Waals surface area contributed by atoms with E-state index < -0.39 is 0 Å². The highest BCUT2D eigenvalue weighted by molar-refractivity contribution is 6.99. The Kier molecular flexibility index (Phi) is 3.72. The normalized spacial score (nSPS) is 12.9. The summed E-state index contributed by atoms with van der Waals surface area (Å²) in [4.78, 5) is 0. The van der Waals surface area contributed by atoms with E-state index in [0.29, 0.717) is 11.6 Å². The average molecular weight is 273 g/mol. The largest absolute Gasteiger partial charge is 0.271 e. The van der Waals surface area contributed by atoms with Gasteiger partial charge >= 0.3 is 0 Å². The van der Waals surface area contributed by atoms with Gasteiger partial charge in [0, 0.05) is 12.6 Å². The first-order chi connectivity index (χ1) is 8.13. The second kappa shape index (κ2) is 5.09. The number of rotatable bonds is 4. The monoisotopic (exact) mass is 272 g/mol. The molecule has 0 bridgehead atoms. The van der Waals surface area contributed by atoms with E-state index in [9.17, 15) is 0 Å². The fraction of sp³-hybridized carbons (Fsp3) is 0.444. The molecule has 0 aromatic carbocycles. The van der Waals surface area contributed by atoms with E-state index in [1.54, 1.807) is 10.9 Å². The number of nitrogens with one attached hydrogen (secondary N) is 1. The summed E-state index contributed by atoms with van der Waals surface area (Å²) in [5, 5.41) is 4.89. The number of hydrogen-bond acceptors (Lipinski definition) is 6. The summed E-state index contributed by atoms with van der Waals surface area (Å²) in [6, 6.07) is -0.103. The van der Waals surface area contributed by atoms with Crippen LogP contribution in [0.15, 0.2) is 6.20 Å². The maximum atomic E-state index is 6.17. The predicted octanol–water partition coefficient (Wildman–Crippen LogP) is 0.981. The molecule has 0 saturated heterocycles. The molecule has 0 aliphatic heterocycles. The Morgan fingerprint density at radius 1 is 1.65 bits per heavy atom. The molecule has 1 atom stereocenters. The standard InChI is InChI=1S/C9H13ClN6S/c1-5-6(9(10)16(2)14-5)3-7(13-11)8-4-12-17-15-8/h4,7,13H,3,11H2,1-2H3. The first-order valence-electron chi connectivity index (χ1n) is 5.05. The average Bonchev–Trinajstić information content (AvgIpc) is 2.89. The molecule has 0 saturated carbocycles. The molecule has 17 heavy (non-hydrogen) atoms. The Labute approximate surface area is 108 Å². The number of aryl methyl sites for hydroxylation is 2. The van der Waals surface area contributed by atoms with Crippen LogP contribution >= 0.6 is 23.3 Å². The molecule has 0 spiro atoms. The van der Waals surface area contributed by atoms with Crippen molar-refractivity contribution in [3.63, 3.8) is 0 Å². The first kappa shape index (κ1) is 12.4. The lowest BCUT2D eigenvalue weighted by Crippen LogP contribution is -2.30.